The van der Waals surface area contributed by atoms with E-state index in [1.807, 2.05) is 25.7 Å². The van der Waals surface area contributed by atoms with Crippen LogP contribution in [0.1, 0.15) is 33.6 Å². The van der Waals surface area contributed by atoms with E-state index in [1.54, 1.807) is 0 Å². The zero-order chi connectivity index (χ0) is 16.7. The first-order chi connectivity index (χ1) is 10.4. The third-order valence-electron chi connectivity index (χ3n) is 3.78. The van der Waals surface area contributed by atoms with Crippen LogP contribution in [0.3, 0.4) is 0 Å². The number of ether oxygens (including phenoxy) is 2. The van der Waals surface area contributed by atoms with E-state index in [-0.39, 0.29) is 25.7 Å². The lowest BCUT2D eigenvalue weighted by Gasteiger charge is -2.44. The molecule has 1 heterocycles. The number of nitrogens with zero attached hydrogens (tertiary/aromatic N) is 1. The Bertz CT molecular complexity index is 338. The van der Waals surface area contributed by atoms with Gasteiger partial charge in [0.15, 0.2) is 0 Å². The summed E-state index contributed by atoms with van der Waals surface area (Å²) >= 11 is 0. The first-order valence-electron chi connectivity index (χ1n) is 7.95. The number of hydrogen-bond donors (Lipinski definition) is 3. The Morgan fingerprint density at radius 1 is 1.32 bits per heavy atom. The number of unbranched alkanes of at least 4 members (excludes halogenated alkanes) is 1. The molecule has 0 spiro atoms. The molecule has 1 fully saturated rings. The van der Waals surface area contributed by atoms with Crippen molar-refractivity contribution in [1.29, 1.82) is 0 Å². The van der Waals surface area contributed by atoms with Crippen LogP contribution in [0.5, 0.6) is 0 Å². The first kappa shape index (κ1) is 19.2. The fraction of sp³-hybridized carbons (Fsp3) is 0.933. The second-order valence-electron chi connectivity index (χ2n) is 6.19. The van der Waals surface area contributed by atoms with Crippen LogP contribution in [0.2, 0.25) is 0 Å². The van der Waals surface area contributed by atoms with E-state index in [0.717, 1.165) is 12.8 Å². The number of hydrogen-bond acceptors (Lipinski definition) is 7. The van der Waals surface area contributed by atoms with Gasteiger partial charge in [0.05, 0.1) is 19.3 Å². The van der Waals surface area contributed by atoms with E-state index in [1.165, 1.54) is 0 Å². The Morgan fingerprint density at radius 3 is 2.55 bits per heavy atom. The molecule has 0 unspecified atom stereocenters. The third kappa shape index (κ3) is 5.39. The Labute approximate surface area is 131 Å². The van der Waals surface area contributed by atoms with Crippen LogP contribution in [0.15, 0.2) is 0 Å². The van der Waals surface area contributed by atoms with Crippen molar-refractivity contribution >= 4 is 6.16 Å². The molecule has 130 valence electrons. The summed E-state index contributed by atoms with van der Waals surface area (Å²) in [5, 5.41) is 29.6. The van der Waals surface area contributed by atoms with Gasteiger partial charge in [-0.25, -0.2) is 4.79 Å². The van der Waals surface area contributed by atoms with Crippen LogP contribution in [0, 0.1) is 5.92 Å². The quantitative estimate of drug-likeness (QED) is 0.583. The second-order valence-corrected chi connectivity index (χ2v) is 6.19. The predicted octanol–water partition coefficient (Wildman–Crippen LogP) is 0.363. The predicted molar refractivity (Wildman–Crippen MR) is 80.4 cm³/mol. The van der Waals surface area contributed by atoms with Crippen LogP contribution in [-0.2, 0) is 9.47 Å². The summed E-state index contributed by atoms with van der Waals surface area (Å²) in [7, 11) is 0. The lowest BCUT2D eigenvalue weighted by Crippen LogP contribution is -2.63. The molecule has 0 saturated carbocycles. The summed E-state index contributed by atoms with van der Waals surface area (Å²) in [5.74, 6) is 0.189. The molecular weight excluding hydrogens is 290 g/mol. The summed E-state index contributed by atoms with van der Waals surface area (Å²) in [5.41, 5.74) is 0. The summed E-state index contributed by atoms with van der Waals surface area (Å²) in [6.07, 6.45) is -2.25. The molecule has 7 heteroatoms. The van der Waals surface area contributed by atoms with Crippen molar-refractivity contribution in [2.24, 2.45) is 5.92 Å². The monoisotopic (exact) mass is 319 g/mol. The highest BCUT2D eigenvalue weighted by molar-refractivity contribution is 5.60. The summed E-state index contributed by atoms with van der Waals surface area (Å²) in [6.45, 7) is 6.76. The van der Waals surface area contributed by atoms with Gasteiger partial charge in [-0.05, 0) is 18.9 Å². The molecule has 0 aromatic heterocycles. The number of aliphatic hydroxyl groups is 3. The van der Waals surface area contributed by atoms with E-state index < -0.39 is 30.5 Å². The second kappa shape index (κ2) is 9.29. The number of rotatable bonds is 7. The maximum absolute atomic E-state index is 11.6. The fourth-order valence-electron chi connectivity index (χ4n) is 2.48. The number of carbonyl (C=O) groups is 1. The van der Waals surface area contributed by atoms with Gasteiger partial charge in [-0.1, -0.05) is 27.2 Å². The van der Waals surface area contributed by atoms with Gasteiger partial charge in [-0.15, -0.1) is 0 Å². The van der Waals surface area contributed by atoms with Gasteiger partial charge in [0.1, 0.15) is 18.3 Å². The van der Waals surface area contributed by atoms with Crippen molar-refractivity contribution in [3.8, 4) is 0 Å². The third-order valence-corrected chi connectivity index (χ3v) is 3.78. The molecular formula is C15H29NO6. The average Bonchev–Trinajstić information content (AvgIpc) is 2.48. The van der Waals surface area contributed by atoms with Crippen molar-refractivity contribution in [2.75, 3.05) is 26.3 Å². The van der Waals surface area contributed by atoms with Crippen molar-refractivity contribution in [3.05, 3.63) is 0 Å². The number of likely N-dealkylation sites (tertiary alicyclic amines) is 1. The minimum absolute atomic E-state index is 0.189. The van der Waals surface area contributed by atoms with E-state index in [4.69, 9.17) is 9.47 Å². The largest absolute Gasteiger partial charge is 0.508 e. The van der Waals surface area contributed by atoms with E-state index in [2.05, 4.69) is 0 Å². The molecule has 0 aromatic rings. The van der Waals surface area contributed by atoms with Crippen molar-refractivity contribution < 1.29 is 29.6 Å². The molecule has 7 nitrogen and oxygen atoms in total. The molecule has 1 aliphatic heterocycles. The minimum Gasteiger partial charge on any atom is -0.434 e. The van der Waals surface area contributed by atoms with Crippen molar-refractivity contribution in [3.63, 3.8) is 0 Å². The van der Waals surface area contributed by atoms with Crippen molar-refractivity contribution in [1.82, 2.24) is 4.90 Å². The maximum atomic E-state index is 11.6. The van der Waals surface area contributed by atoms with Crippen LogP contribution in [-0.4, -0.2) is 77.0 Å². The molecule has 0 radical (unpaired) electrons. The molecule has 1 saturated heterocycles. The van der Waals surface area contributed by atoms with Gasteiger partial charge >= 0.3 is 6.16 Å². The smallest absolute Gasteiger partial charge is 0.434 e. The number of piperidine rings is 1. The highest BCUT2D eigenvalue weighted by atomic mass is 16.7. The highest BCUT2D eigenvalue weighted by Gasteiger charge is 2.43. The molecule has 0 amide bonds. The molecule has 0 aliphatic carbocycles. The van der Waals surface area contributed by atoms with Crippen LogP contribution in [0.25, 0.3) is 0 Å². The number of aliphatic hydroxyl groups excluding tert-OH is 3. The SMILES string of the molecule is CCCCN1C[C@H](OC(=O)OCC(C)C)[C@@H](O)[C@H](O)[C@H]1CO. The Kier molecular flexibility index (Phi) is 8.09. The topological polar surface area (TPSA) is 99.5 Å². The molecule has 0 bridgehead atoms. The Balaban J connectivity index is 2.63. The van der Waals surface area contributed by atoms with E-state index in [0.29, 0.717) is 6.54 Å². The number of carbonyl (C=O) groups excluding carboxylic acids is 1. The average molecular weight is 319 g/mol. The van der Waals surface area contributed by atoms with E-state index in [9.17, 15) is 20.1 Å². The Morgan fingerprint density at radius 2 is 2.00 bits per heavy atom. The Hall–Kier alpha value is -0.890. The van der Waals surface area contributed by atoms with Crippen molar-refractivity contribution in [2.45, 2.75) is 58.0 Å². The molecule has 1 rings (SSSR count). The summed E-state index contributed by atoms with van der Waals surface area (Å²) < 4.78 is 10.1. The van der Waals surface area contributed by atoms with Gasteiger partial charge in [0, 0.05) is 6.54 Å². The summed E-state index contributed by atoms with van der Waals surface area (Å²) in [4.78, 5) is 13.5. The van der Waals surface area contributed by atoms with Crippen LogP contribution in [0.4, 0.5) is 4.79 Å². The molecule has 22 heavy (non-hydrogen) atoms. The first-order valence-corrected chi connectivity index (χ1v) is 7.95. The fourth-order valence-corrected chi connectivity index (χ4v) is 2.48. The van der Waals surface area contributed by atoms with Gasteiger partial charge in [-0.2, -0.15) is 0 Å². The van der Waals surface area contributed by atoms with Crippen LogP contribution >= 0.6 is 0 Å². The molecule has 1 aliphatic rings. The molecule has 3 N–H and O–H groups in total. The van der Waals surface area contributed by atoms with Crippen LogP contribution < -0.4 is 0 Å². The molecule has 0 aromatic carbocycles. The standard InChI is InChI=1S/C15H29NO6/c1-4-5-6-16-7-12(14(19)13(18)11(16)8-17)22-15(20)21-9-10(2)3/h10-14,17-19H,4-9H2,1-3H3/t11-,12+,13-,14-/m1/s1. The zero-order valence-corrected chi connectivity index (χ0v) is 13.6. The molecule has 4 atom stereocenters. The highest BCUT2D eigenvalue weighted by Crippen LogP contribution is 2.22. The minimum atomic E-state index is -1.23. The zero-order valence-electron chi connectivity index (χ0n) is 13.6. The lowest BCUT2D eigenvalue weighted by atomic mass is 9.94. The van der Waals surface area contributed by atoms with Gasteiger partial charge < -0.3 is 24.8 Å². The summed E-state index contributed by atoms with van der Waals surface area (Å²) in [6, 6.07) is -0.548. The van der Waals surface area contributed by atoms with E-state index >= 15 is 0 Å². The normalized spacial score (nSPS) is 29.6. The maximum Gasteiger partial charge on any atom is 0.508 e. The van der Waals surface area contributed by atoms with Gasteiger partial charge in [0.25, 0.3) is 0 Å². The van der Waals surface area contributed by atoms with Gasteiger partial charge in [-0.3, -0.25) is 4.90 Å². The van der Waals surface area contributed by atoms with Gasteiger partial charge in [0.2, 0.25) is 0 Å². The lowest BCUT2D eigenvalue weighted by molar-refractivity contribution is -0.152.